The van der Waals surface area contributed by atoms with Crippen LogP contribution < -0.4 is 0 Å². The van der Waals surface area contributed by atoms with Gasteiger partial charge in [-0.25, -0.2) is 0 Å². The Hall–Kier alpha value is -1.80. The van der Waals surface area contributed by atoms with Crippen LogP contribution in [0.4, 0.5) is 0 Å². The van der Waals surface area contributed by atoms with Gasteiger partial charge in [-0.05, 0) is 37.0 Å². The molecule has 0 aliphatic rings. The van der Waals surface area contributed by atoms with Gasteiger partial charge in [-0.1, -0.05) is 30.4 Å². The van der Waals surface area contributed by atoms with E-state index in [1.165, 1.54) is 5.56 Å². The molecule has 0 amide bonds. The summed E-state index contributed by atoms with van der Waals surface area (Å²) in [6.45, 7) is 15.7. The zero-order chi connectivity index (χ0) is 14.7. The quantitative estimate of drug-likeness (QED) is 0.616. The summed E-state index contributed by atoms with van der Waals surface area (Å²) in [6.07, 6.45) is 6.15. The Bertz CT molecular complexity index is 388. The lowest BCUT2D eigenvalue weighted by atomic mass is 10.0. The molecule has 0 atom stereocenters. The molecule has 2 nitrogen and oxygen atoms in total. The fourth-order valence-electron chi connectivity index (χ4n) is 1.56. The normalized spacial score (nSPS) is 9.16. The highest BCUT2D eigenvalue weighted by molar-refractivity contribution is 5.42. The molecule has 0 unspecified atom stereocenters. The molecule has 0 heterocycles. The van der Waals surface area contributed by atoms with Crippen molar-refractivity contribution in [3.8, 4) is 5.75 Å². The first-order valence-electron chi connectivity index (χ1n) is 6.26. The number of aryl methyl sites for hydroxylation is 2. The lowest BCUT2D eigenvalue weighted by Gasteiger charge is -2.05. The minimum Gasteiger partial charge on any atom is -0.507 e. The van der Waals surface area contributed by atoms with Crippen LogP contribution in [0.2, 0.25) is 0 Å². The van der Waals surface area contributed by atoms with Crippen molar-refractivity contribution in [2.75, 3.05) is 13.2 Å². The fraction of sp³-hybridized carbons (Fsp3) is 0.294. The smallest absolute Gasteiger partial charge is 0.121 e. The van der Waals surface area contributed by atoms with E-state index in [2.05, 4.69) is 19.7 Å². The molecule has 0 aliphatic carbocycles. The van der Waals surface area contributed by atoms with Crippen molar-refractivity contribution in [1.29, 1.82) is 0 Å². The largest absolute Gasteiger partial charge is 0.507 e. The average molecular weight is 260 g/mol. The standard InChI is InChI=1S/C11H14O.C6H10O/c1-4-5-10-6-8(2)11(12)9(3)7-10;1-3-5-7-6-4-2/h4,6-7,12H,1,5H2,2-3H3;3-4H,1-2,5-6H2. The number of allylic oxidation sites excluding steroid dienone is 1. The molecule has 0 radical (unpaired) electrons. The molecule has 1 aromatic carbocycles. The van der Waals surface area contributed by atoms with Crippen molar-refractivity contribution in [2.45, 2.75) is 20.3 Å². The van der Waals surface area contributed by atoms with Crippen LogP contribution in [0.1, 0.15) is 16.7 Å². The van der Waals surface area contributed by atoms with Crippen LogP contribution in [0.15, 0.2) is 50.1 Å². The first-order chi connectivity index (χ1) is 9.06. The minimum atomic E-state index is 0.405. The Balaban J connectivity index is 0.000000399. The molecule has 1 N–H and O–H groups in total. The van der Waals surface area contributed by atoms with E-state index in [0.717, 1.165) is 17.5 Å². The number of aromatic hydroxyl groups is 1. The van der Waals surface area contributed by atoms with Crippen molar-refractivity contribution in [3.05, 3.63) is 66.8 Å². The van der Waals surface area contributed by atoms with Crippen LogP contribution in [0.25, 0.3) is 0 Å². The van der Waals surface area contributed by atoms with E-state index in [1.54, 1.807) is 12.2 Å². The summed E-state index contributed by atoms with van der Waals surface area (Å²) in [5.74, 6) is 0.405. The number of benzene rings is 1. The predicted octanol–water partition coefficient (Wildman–Crippen LogP) is 4.11. The molecule has 0 fully saturated rings. The molecule has 0 saturated heterocycles. The molecule has 0 aliphatic heterocycles. The third kappa shape index (κ3) is 7.27. The Morgan fingerprint density at radius 1 is 1.00 bits per heavy atom. The monoisotopic (exact) mass is 260 g/mol. The summed E-state index contributed by atoms with van der Waals surface area (Å²) in [6, 6.07) is 3.98. The van der Waals surface area contributed by atoms with E-state index < -0.39 is 0 Å². The van der Waals surface area contributed by atoms with Gasteiger partial charge in [0.1, 0.15) is 5.75 Å². The summed E-state index contributed by atoms with van der Waals surface area (Å²) in [5.41, 5.74) is 3.08. The number of hydrogen-bond donors (Lipinski definition) is 1. The van der Waals surface area contributed by atoms with E-state index in [-0.39, 0.29) is 0 Å². The van der Waals surface area contributed by atoms with Crippen molar-refractivity contribution < 1.29 is 9.84 Å². The van der Waals surface area contributed by atoms with Crippen molar-refractivity contribution in [2.24, 2.45) is 0 Å². The van der Waals surface area contributed by atoms with Crippen molar-refractivity contribution >= 4 is 0 Å². The van der Waals surface area contributed by atoms with E-state index in [9.17, 15) is 5.11 Å². The van der Waals surface area contributed by atoms with E-state index in [0.29, 0.717) is 19.0 Å². The zero-order valence-electron chi connectivity index (χ0n) is 12.0. The highest BCUT2D eigenvalue weighted by Gasteiger charge is 2.01. The molecule has 2 heteroatoms. The molecule has 0 aromatic heterocycles. The van der Waals surface area contributed by atoms with Gasteiger partial charge in [0.2, 0.25) is 0 Å². The lowest BCUT2D eigenvalue weighted by molar-refractivity contribution is 0.194. The Morgan fingerprint density at radius 3 is 1.84 bits per heavy atom. The van der Waals surface area contributed by atoms with Gasteiger partial charge in [0.05, 0.1) is 13.2 Å². The highest BCUT2D eigenvalue weighted by atomic mass is 16.5. The molecule has 104 valence electrons. The molecule has 0 saturated carbocycles. The number of phenolic OH excluding ortho intramolecular Hbond substituents is 1. The molecule has 1 rings (SSSR count). The number of hydrogen-bond acceptors (Lipinski definition) is 2. The third-order valence-corrected chi connectivity index (χ3v) is 2.40. The highest BCUT2D eigenvalue weighted by Crippen LogP contribution is 2.22. The second-order valence-electron chi connectivity index (χ2n) is 4.19. The topological polar surface area (TPSA) is 29.5 Å². The van der Waals surface area contributed by atoms with E-state index in [4.69, 9.17) is 4.74 Å². The lowest BCUT2D eigenvalue weighted by Crippen LogP contribution is -1.87. The molecular formula is C17H24O2. The molecule has 1 aromatic rings. The van der Waals surface area contributed by atoms with E-state index >= 15 is 0 Å². The zero-order valence-corrected chi connectivity index (χ0v) is 12.0. The summed E-state index contributed by atoms with van der Waals surface area (Å²) < 4.78 is 4.90. The van der Waals surface area contributed by atoms with Gasteiger partial charge < -0.3 is 9.84 Å². The van der Waals surface area contributed by atoms with Crippen LogP contribution >= 0.6 is 0 Å². The van der Waals surface area contributed by atoms with E-state index in [1.807, 2.05) is 32.1 Å². The number of phenols is 1. The van der Waals surface area contributed by atoms with Gasteiger partial charge in [0.15, 0.2) is 0 Å². The van der Waals surface area contributed by atoms with Gasteiger partial charge in [-0.2, -0.15) is 0 Å². The predicted molar refractivity (Wildman–Crippen MR) is 82.7 cm³/mol. The Kier molecular flexibility index (Phi) is 9.19. The maximum absolute atomic E-state index is 9.47. The van der Waals surface area contributed by atoms with Gasteiger partial charge in [0.25, 0.3) is 0 Å². The maximum Gasteiger partial charge on any atom is 0.121 e. The Labute approximate surface area is 116 Å². The van der Waals surface area contributed by atoms with Crippen molar-refractivity contribution in [1.82, 2.24) is 0 Å². The van der Waals surface area contributed by atoms with Crippen molar-refractivity contribution in [3.63, 3.8) is 0 Å². The van der Waals surface area contributed by atoms with Crippen LogP contribution in [0, 0.1) is 13.8 Å². The van der Waals surface area contributed by atoms with Crippen LogP contribution in [-0.2, 0) is 11.2 Å². The number of ether oxygens (including phenoxy) is 1. The summed E-state index contributed by atoms with van der Waals surface area (Å²) in [7, 11) is 0. The molecular weight excluding hydrogens is 236 g/mol. The second-order valence-corrected chi connectivity index (χ2v) is 4.19. The summed E-state index contributed by atoms with van der Waals surface area (Å²) >= 11 is 0. The first kappa shape index (κ1) is 17.2. The molecule has 0 bridgehead atoms. The summed E-state index contributed by atoms with van der Waals surface area (Å²) in [5, 5.41) is 9.47. The maximum atomic E-state index is 9.47. The van der Waals surface area contributed by atoms with Crippen LogP contribution in [-0.4, -0.2) is 18.3 Å². The number of rotatable bonds is 6. The first-order valence-corrected chi connectivity index (χ1v) is 6.26. The van der Waals surface area contributed by atoms with Gasteiger partial charge in [-0.15, -0.1) is 19.7 Å². The minimum absolute atomic E-state index is 0.405. The fourth-order valence-corrected chi connectivity index (χ4v) is 1.56. The second kappa shape index (κ2) is 10.2. The van der Waals surface area contributed by atoms with Gasteiger partial charge in [-0.3, -0.25) is 0 Å². The Morgan fingerprint density at radius 2 is 1.47 bits per heavy atom. The average Bonchev–Trinajstić information content (AvgIpc) is 2.38. The SMILES string of the molecule is C=CCOCC=C.C=CCc1cc(C)c(O)c(C)c1. The van der Waals surface area contributed by atoms with Gasteiger partial charge >= 0.3 is 0 Å². The third-order valence-electron chi connectivity index (χ3n) is 2.40. The molecule has 0 spiro atoms. The molecule has 19 heavy (non-hydrogen) atoms. The van der Waals surface area contributed by atoms with Gasteiger partial charge in [0, 0.05) is 0 Å². The van der Waals surface area contributed by atoms with Crippen LogP contribution in [0.3, 0.4) is 0 Å². The van der Waals surface area contributed by atoms with Crippen LogP contribution in [0.5, 0.6) is 5.75 Å². The summed E-state index contributed by atoms with van der Waals surface area (Å²) in [4.78, 5) is 0.